The SMILES string of the molecule is CCCC(C)(NC(=O)C(CC)c1ccccc1)C(=O)O. The van der Waals surface area contributed by atoms with Crippen molar-refractivity contribution in [3.8, 4) is 0 Å². The minimum Gasteiger partial charge on any atom is -0.480 e. The Bertz CT molecular complexity index is 458. The average molecular weight is 277 g/mol. The van der Waals surface area contributed by atoms with Crippen molar-refractivity contribution in [3.63, 3.8) is 0 Å². The van der Waals surface area contributed by atoms with Crippen molar-refractivity contribution in [1.82, 2.24) is 5.32 Å². The second-order valence-corrected chi connectivity index (χ2v) is 5.25. The van der Waals surface area contributed by atoms with E-state index in [9.17, 15) is 14.7 Å². The van der Waals surface area contributed by atoms with Crippen molar-refractivity contribution in [3.05, 3.63) is 35.9 Å². The summed E-state index contributed by atoms with van der Waals surface area (Å²) in [6.45, 7) is 5.39. The van der Waals surface area contributed by atoms with Gasteiger partial charge in [-0.25, -0.2) is 4.79 Å². The molecule has 1 aromatic carbocycles. The zero-order valence-electron chi connectivity index (χ0n) is 12.3. The maximum Gasteiger partial charge on any atom is 0.329 e. The van der Waals surface area contributed by atoms with Gasteiger partial charge in [0.15, 0.2) is 0 Å². The third-order valence-corrected chi connectivity index (χ3v) is 3.55. The summed E-state index contributed by atoms with van der Waals surface area (Å²) in [6.07, 6.45) is 1.75. The van der Waals surface area contributed by atoms with Crippen molar-refractivity contribution in [2.75, 3.05) is 0 Å². The molecule has 1 rings (SSSR count). The monoisotopic (exact) mass is 277 g/mol. The van der Waals surface area contributed by atoms with E-state index in [1.54, 1.807) is 6.92 Å². The molecule has 1 amide bonds. The number of hydrogen-bond acceptors (Lipinski definition) is 2. The highest BCUT2D eigenvalue weighted by Gasteiger charge is 2.35. The number of hydrogen-bond donors (Lipinski definition) is 2. The molecule has 0 spiro atoms. The molecular weight excluding hydrogens is 254 g/mol. The van der Waals surface area contributed by atoms with Gasteiger partial charge < -0.3 is 10.4 Å². The molecule has 0 radical (unpaired) electrons. The molecule has 2 unspecified atom stereocenters. The van der Waals surface area contributed by atoms with Gasteiger partial charge >= 0.3 is 5.97 Å². The quantitative estimate of drug-likeness (QED) is 0.805. The number of benzene rings is 1. The van der Waals surface area contributed by atoms with Gasteiger partial charge in [0.05, 0.1) is 5.92 Å². The lowest BCUT2D eigenvalue weighted by Gasteiger charge is -2.28. The number of aliphatic carboxylic acids is 1. The molecule has 0 saturated carbocycles. The molecule has 0 bridgehead atoms. The fourth-order valence-corrected chi connectivity index (χ4v) is 2.34. The molecule has 0 saturated heterocycles. The van der Waals surface area contributed by atoms with E-state index in [4.69, 9.17) is 0 Å². The summed E-state index contributed by atoms with van der Waals surface area (Å²) in [5, 5.41) is 12.0. The fourth-order valence-electron chi connectivity index (χ4n) is 2.34. The number of carboxylic acid groups (broad SMARTS) is 1. The van der Waals surface area contributed by atoms with Gasteiger partial charge in [0.1, 0.15) is 5.54 Å². The molecule has 0 aliphatic carbocycles. The molecule has 0 fully saturated rings. The predicted molar refractivity (Wildman–Crippen MR) is 78.6 cm³/mol. The van der Waals surface area contributed by atoms with Crippen molar-refractivity contribution < 1.29 is 14.7 Å². The average Bonchev–Trinajstić information content (AvgIpc) is 2.40. The van der Waals surface area contributed by atoms with Crippen LogP contribution in [0.25, 0.3) is 0 Å². The van der Waals surface area contributed by atoms with E-state index in [0.717, 1.165) is 5.56 Å². The lowest BCUT2D eigenvalue weighted by Crippen LogP contribution is -2.53. The zero-order valence-corrected chi connectivity index (χ0v) is 12.3. The summed E-state index contributed by atoms with van der Waals surface area (Å²) in [4.78, 5) is 23.8. The van der Waals surface area contributed by atoms with Crippen LogP contribution in [0.1, 0.15) is 51.5 Å². The molecule has 0 aliphatic rings. The predicted octanol–water partition coefficient (Wildman–Crippen LogP) is 2.94. The van der Waals surface area contributed by atoms with Crippen LogP contribution in [0.5, 0.6) is 0 Å². The standard InChI is InChI=1S/C16H23NO3/c1-4-11-16(3,15(19)20)17-14(18)13(5-2)12-9-7-6-8-10-12/h6-10,13H,4-5,11H2,1-3H3,(H,17,18)(H,19,20). The van der Waals surface area contributed by atoms with Crippen LogP contribution >= 0.6 is 0 Å². The first-order valence-corrected chi connectivity index (χ1v) is 7.05. The highest BCUT2D eigenvalue weighted by atomic mass is 16.4. The Balaban J connectivity index is 2.90. The van der Waals surface area contributed by atoms with Gasteiger partial charge in [0.2, 0.25) is 5.91 Å². The van der Waals surface area contributed by atoms with Crippen LogP contribution in [0.4, 0.5) is 0 Å². The van der Waals surface area contributed by atoms with Crippen LogP contribution in [0.15, 0.2) is 30.3 Å². The minimum absolute atomic E-state index is 0.225. The van der Waals surface area contributed by atoms with E-state index >= 15 is 0 Å². The largest absolute Gasteiger partial charge is 0.480 e. The van der Waals surface area contributed by atoms with Gasteiger partial charge in [-0.2, -0.15) is 0 Å². The molecule has 0 heterocycles. The maximum absolute atomic E-state index is 12.4. The lowest BCUT2D eigenvalue weighted by atomic mass is 9.91. The number of rotatable bonds is 7. The summed E-state index contributed by atoms with van der Waals surface area (Å²) in [6, 6.07) is 9.45. The first kappa shape index (κ1) is 16.2. The van der Waals surface area contributed by atoms with E-state index in [-0.39, 0.29) is 11.8 Å². The van der Waals surface area contributed by atoms with Crippen molar-refractivity contribution in [1.29, 1.82) is 0 Å². The second-order valence-electron chi connectivity index (χ2n) is 5.25. The first-order valence-electron chi connectivity index (χ1n) is 7.05. The molecule has 2 atom stereocenters. The van der Waals surface area contributed by atoms with Gasteiger partial charge in [-0.15, -0.1) is 0 Å². The van der Waals surface area contributed by atoms with E-state index < -0.39 is 11.5 Å². The zero-order chi connectivity index (χ0) is 15.2. The molecular formula is C16H23NO3. The van der Waals surface area contributed by atoms with Crippen LogP contribution in [0, 0.1) is 0 Å². The molecule has 4 nitrogen and oxygen atoms in total. The summed E-state index contributed by atoms with van der Waals surface area (Å²) < 4.78 is 0. The van der Waals surface area contributed by atoms with Gasteiger partial charge in [-0.3, -0.25) is 4.79 Å². The molecule has 20 heavy (non-hydrogen) atoms. The topological polar surface area (TPSA) is 66.4 Å². The first-order chi connectivity index (χ1) is 9.44. The highest BCUT2D eigenvalue weighted by Crippen LogP contribution is 2.22. The number of carboxylic acids is 1. The van der Waals surface area contributed by atoms with Crippen LogP contribution < -0.4 is 5.32 Å². The number of carbonyl (C=O) groups is 2. The van der Waals surface area contributed by atoms with Crippen molar-refractivity contribution >= 4 is 11.9 Å². The normalized spacial score (nSPS) is 15.2. The van der Waals surface area contributed by atoms with Gasteiger partial charge in [0, 0.05) is 0 Å². The molecule has 0 aliphatic heterocycles. The molecule has 1 aromatic rings. The van der Waals surface area contributed by atoms with Gasteiger partial charge in [0.25, 0.3) is 0 Å². The number of nitrogens with one attached hydrogen (secondary N) is 1. The summed E-state index contributed by atoms with van der Waals surface area (Å²) >= 11 is 0. The molecule has 2 N–H and O–H groups in total. The van der Waals surface area contributed by atoms with Crippen LogP contribution in [0.3, 0.4) is 0 Å². The number of carbonyl (C=O) groups excluding carboxylic acids is 1. The van der Waals surface area contributed by atoms with Gasteiger partial charge in [-0.05, 0) is 25.3 Å². The summed E-state index contributed by atoms with van der Waals surface area (Å²) in [5.74, 6) is -1.53. The third-order valence-electron chi connectivity index (χ3n) is 3.55. The van der Waals surface area contributed by atoms with Crippen LogP contribution in [-0.2, 0) is 9.59 Å². The molecule has 0 aromatic heterocycles. The highest BCUT2D eigenvalue weighted by molar-refractivity contribution is 5.90. The second kappa shape index (κ2) is 7.08. The number of amides is 1. The van der Waals surface area contributed by atoms with E-state index in [2.05, 4.69) is 5.32 Å². The maximum atomic E-state index is 12.4. The Hall–Kier alpha value is -1.84. The molecule has 4 heteroatoms. The Kier molecular flexibility index (Phi) is 5.74. The Morgan fingerprint density at radius 1 is 1.25 bits per heavy atom. The Labute approximate surface area is 120 Å². The summed E-state index contributed by atoms with van der Waals surface area (Å²) in [5.41, 5.74) is -0.287. The smallest absolute Gasteiger partial charge is 0.329 e. The fraction of sp³-hybridized carbons (Fsp3) is 0.500. The van der Waals surface area contributed by atoms with Gasteiger partial charge in [-0.1, -0.05) is 50.6 Å². The van der Waals surface area contributed by atoms with Crippen LogP contribution in [0.2, 0.25) is 0 Å². The Morgan fingerprint density at radius 3 is 2.30 bits per heavy atom. The van der Waals surface area contributed by atoms with E-state index in [1.165, 1.54) is 0 Å². The van der Waals surface area contributed by atoms with E-state index in [1.807, 2.05) is 44.2 Å². The van der Waals surface area contributed by atoms with Crippen molar-refractivity contribution in [2.45, 2.75) is 51.5 Å². The minimum atomic E-state index is -1.20. The van der Waals surface area contributed by atoms with E-state index in [0.29, 0.717) is 19.3 Å². The molecule has 110 valence electrons. The Morgan fingerprint density at radius 2 is 1.85 bits per heavy atom. The van der Waals surface area contributed by atoms with Crippen LogP contribution in [-0.4, -0.2) is 22.5 Å². The van der Waals surface area contributed by atoms with Crippen molar-refractivity contribution in [2.24, 2.45) is 0 Å². The third kappa shape index (κ3) is 3.83. The summed E-state index contributed by atoms with van der Waals surface area (Å²) in [7, 11) is 0. The lowest BCUT2D eigenvalue weighted by molar-refractivity contribution is -0.147.